The maximum Gasteiger partial charge on any atom is 0.224 e. The summed E-state index contributed by atoms with van der Waals surface area (Å²) in [5.41, 5.74) is 6.42. The molecule has 0 aromatic heterocycles. The lowest BCUT2D eigenvalue weighted by Gasteiger charge is -2.20. The summed E-state index contributed by atoms with van der Waals surface area (Å²) < 4.78 is 0. The van der Waals surface area contributed by atoms with Gasteiger partial charge in [0.2, 0.25) is 5.91 Å². The molecule has 0 saturated carbocycles. The minimum Gasteiger partial charge on any atom is -0.394 e. The van der Waals surface area contributed by atoms with Crippen molar-refractivity contribution in [3.8, 4) is 0 Å². The molecular weight excluding hydrogens is 216 g/mol. The predicted octanol–water partition coefficient (Wildman–Crippen LogP) is 0.821. The molecule has 4 nitrogen and oxygen atoms in total. The first-order chi connectivity index (χ1) is 8.22. The van der Waals surface area contributed by atoms with Crippen molar-refractivity contribution in [2.45, 2.75) is 19.4 Å². The number of hydrogen-bond acceptors (Lipinski definition) is 3. The normalized spacial score (nSPS) is 14.1. The van der Waals surface area contributed by atoms with E-state index >= 15 is 0 Å². The Kier molecular flexibility index (Phi) is 5.66. The average molecular weight is 236 g/mol. The summed E-state index contributed by atoms with van der Waals surface area (Å²) in [4.78, 5) is 11.8. The van der Waals surface area contributed by atoms with Gasteiger partial charge in [-0.1, -0.05) is 37.3 Å². The minimum absolute atomic E-state index is 0.0992. The summed E-state index contributed by atoms with van der Waals surface area (Å²) in [6.45, 7) is 2.14. The van der Waals surface area contributed by atoms with Crippen LogP contribution in [0.5, 0.6) is 0 Å². The fraction of sp³-hybridized carbons (Fsp3) is 0.462. The number of benzene rings is 1. The van der Waals surface area contributed by atoms with Crippen LogP contribution in [0, 0.1) is 5.92 Å². The van der Waals surface area contributed by atoms with E-state index in [1.54, 1.807) is 0 Å². The summed E-state index contributed by atoms with van der Waals surface area (Å²) in [6, 6.07) is 9.06. The molecular formula is C13H20N2O2. The number of carbonyl (C=O) groups is 1. The highest BCUT2D eigenvalue weighted by molar-refractivity contribution is 5.79. The summed E-state index contributed by atoms with van der Waals surface area (Å²) in [5.74, 6) is -0.286. The highest BCUT2D eigenvalue weighted by Gasteiger charge is 2.19. The molecule has 1 aromatic rings. The standard InChI is InChI=1S/C13H20N2O2/c1-2-10(8-14)13(17)15-12(9-16)11-6-4-3-5-7-11/h3-7,10,12,16H,2,8-9,14H2,1H3,(H,15,17)/t10?,12-/m0/s1. The molecule has 0 aliphatic carbocycles. The van der Waals surface area contributed by atoms with Gasteiger partial charge in [0, 0.05) is 12.5 Å². The molecule has 0 aliphatic heterocycles. The topological polar surface area (TPSA) is 75.4 Å². The summed E-state index contributed by atoms with van der Waals surface area (Å²) >= 11 is 0. The van der Waals surface area contributed by atoms with Crippen LogP contribution in [0.1, 0.15) is 24.9 Å². The summed E-state index contributed by atoms with van der Waals surface area (Å²) in [7, 11) is 0. The van der Waals surface area contributed by atoms with Gasteiger partial charge in [-0.3, -0.25) is 4.79 Å². The summed E-state index contributed by atoms with van der Waals surface area (Å²) in [6.07, 6.45) is 0.704. The van der Waals surface area contributed by atoms with Crippen LogP contribution in [0.3, 0.4) is 0 Å². The first-order valence-corrected chi connectivity index (χ1v) is 5.89. The van der Waals surface area contributed by atoms with E-state index in [9.17, 15) is 9.90 Å². The largest absolute Gasteiger partial charge is 0.394 e. The fourth-order valence-corrected chi connectivity index (χ4v) is 1.67. The van der Waals surface area contributed by atoms with Gasteiger partial charge in [0.1, 0.15) is 0 Å². The third-order valence-electron chi connectivity index (χ3n) is 2.85. The Labute approximate surface area is 102 Å². The van der Waals surface area contributed by atoms with Crippen LogP contribution >= 0.6 is 0 Å². The van der Waals surface area contributed by atoms with Gasteiger partial charge < -0.3 is 16.2 Å². The molecule has 1 amide bonds. The molecule has 17 heavy (non-hydrogen) atoms. The van der Waals surface area contributed by atoms with Crippen LogP contribution in [0.2, 0.25) is 0 Å². The second-order valence-electron chi connectivity index (χ2n) is 4.00. The van der Waals surface area contributed by atoms with Crippen molar-refractivity contribution in [3.05, 3.63) is 35.9 Å². The Morgan fingerprint density at radius 3 is 2.53 bits per heavy atom. The van der Waals surface area contributed by atoms with Crippen LogP contribution < -0.4 is 11.1 Å². The fourth-order valence-electron chi connectivity index (χ4n) is 1.67. The maximum atomic E-state index is 11.8. The van der Waals surface area contributed by atoms with E-state index in [1.807, 2.05) is 37.3 Å². The lowest BCUT2D eigenvalue weighted by atomic mass is 10.0. The zero-order valence-electron chi connectivity index (χ0n) is 10.1. The molecule has 0 spiro atoms. The number of hydrogen-bond donors (Lipinski definition) is 3. The van der Waals surface area contributed by atoms with E-state index in [1.165, 1.54) is 0 Å². The van der Waals surface area contributed by atoms with E-state index in [2.05, 4.69) is 5.32 Å². The van der Waals surface area contributed by atoms with Crippen LogP contribution in [-0.2, 0) is 4.79 Å². The number of amides is 1. The van der Waals surface area contributed by atoms with Crippen molar-refractivity contribution in [1.29, 1.82) is 0 Å². The van der Waals surface area contributed by atoms with Gasteiger partial charge in [-0.25, -0.2) is 0 Å². The van der Waals surface area contributed by atoms with Crippen molar-refractivity contribution in [1.82, 2.24) is 5.32 Å². The SMILES string of the molecule is CCC(CN)C(=O)N[C@@H](CO)c1ccccc1. The van der Waals surface area contributed by atoms with Crippen molar-refractivity contribution in [3.63, 3.8) is 0 Å². The minimum atomic E-state index is -0.357. The molecule has 0 heterocycles. The number of aliphatic hydroxyl groups excluding tert-OH is 1. The molecule has 0 bridgehead atoms. The maximum absolute atomic E-state index is 11.8. The lowest BCUT2D eigenvalue weighted by Crippen LogP contribution is -2.38. The summed E-state index contributed by atoms with van der Waals surface area (Å²) in [5, 5.41) is 12.1. The van der Waals surface area contributed by atoms with Crippen molar-refractivity contribution >= 4 is 5.91 Å². The molecule has 0 radical (unpaired) electrons. The van der Waals surface area contributed by atoms with Gasteiger partial charge in [-0.2, -0.15) is 0 Å². The number of carbonyl (C=O) groups excluding carboxylic acids is 1. The Morgan fingerprint density at radius 1 is 1.41 bits per heavy atom. The first-order valence-electron chi connectivity index (χ1n) is 5.89. The van der Waals surface area contributed by atoms with Gasteiger partial charge >= 0.3 is 0 Å². The van der Waals surface area contributed by atoms with E-state index in [4.69, 9.17) is 5.73 Å². The number of aliphatic hydroxyl groups is 1. The molecule has 0 aliphatic rings. The van der Waals surface area contributed by atoms with E-state index in [-0.39, 0.29) is 24.5 Å². The van der Waals surface area contributed by atoms with Crippen LogP contribution in [0.4, 0.5) is 0 Å². The zero-order valence-corrected chi connectivity index (χ0v) is 10.1. The highest BCUT2D eigenvalue weighted by Crippen LogP contribution is 2.13. The molecule has 0 saturated heterocycles. The Morgan fingerprint density at radius 2 is 2.06 bits per heavy atom. The van der Waals surface area contributed by atoms with Gasteiger partial charge in [0.25, 0.3) is 0 Å². The Bertz CT molecular complexity index is 337. The van der Waals surface area contributed by atoms with Crippen molar-refractivity contribution < 1.29 is 9.90 Å². The van der Waals surface area contributed by atoms with Crippen molar-refractivity contribution in [2.24, 2.45) is 11.7 Å². The van der Waals surface area contributed by atoms with E-state index in [0.29, 0.717) is 13.0 Å². The van der Waals surface area contributed by atoms with Gasteiger partial charge in [0.05, 0.1) is 12.6 Å². The second kappa shape index (κ2) is 7.04. The Hall–Kier alpha value is -1.39. The lowest BCUT2D eigenvalue weighted by molar-refractivity contribution is -0.125. The van der Waals surface area contributed by atoms with E-state index < -0.39 is 0 Å². The van der Waals surface area contributed by atoms with Gasteiger partial charge in [-0.15, -0.1) is 0 Å². The second-order valence-corrected chi connectivity index (χ2v) is 4.00. The average Bonchev–Trinajstić information content (AvgIpc) is 2.38. The molecule has 1 unspecified atom stereocenters. The number of rotatable bonds is 6. The van der Waals surface area contributed by atoms with Crippen molar-refractivity contribution in [2.75, 3.05) is 13.2 Å². The number of nitrogens with two attached hydrogens (primary N) is 1. The molecule has 1 rings (SSSR count). The monoisotopic (exact) mass is 236 g/mol. The highest BCUT2D eigenvalue weighted by atomic mass is 16.3. The van der Waals surface area contributed by atoms with Crippen LogP contribution in [0.25, 0.3) is 0 Å². The molecule has 1 aromatic carbocycles. The van der Waals surface area contributed by atoms with E-state index in [0.717, 1.165) is 5.56 Å². The molecule has 2 atom stereocenters. The smallest absolute Gasteiger partial charge is 0.224 e. The van der Waals surface area contributed by atoms with Gasteiger partial charge in [0.15, 0.2) is 0 Å². The molecule has 4 N–H and O–H groups in total. The molecule has 4 heteroatoms. The third kappa shape index (κ3) is 3.84. The molecule has 0 fully saturated rings. The predicted molar refractivity (Wildman–Crippen MR) is 67.2 cm³/mol. The van der Waals surface area contributed by atoms with Gasteiger partial charge in [-0.05, 0) is 12.0 Å². The van der Waals surface area contributed by atoms with Crippen LogP contribution in [-0.4, -0.2) is 24.2 Å². The Balaban J connectivity index is 2.68. The zero-order chi connectivity index (χ0) is 12.7. The first kappa shape index (κ1) is 13.7. The van der Waals surface area contributed by atoms with Crippen LogP contribution in [0.15, 0.2) is 30.3 Å². The quantitative estimate of drug-likeness (QED) is 0.684. The molecule has 94 valence electrons. The third-order valence-corrected chi connectivity index (χ3v) is 2.85. The number of nitrogens with one attached hydrogen (secondary N) is 1.